The molecule has 0 aliphatic carbocycles. The molecule has 2 aromatic heterocycles. The van der Waals surface area contributed by atoms with E-state index in [4.69, 9.17) is 16.5 Å². The quantitative estimate of drug-likeness (QED) is 0.546. The van der Waals surface area contributed by atoms with Gasteiger partial charge in [0.15, 0.2) is 5.82 Å². The molecule has 0 aliphatic heterocycles. The van der Waals surface area contributed by atoms with Gasteiger partial charge in [-0.05, 0) is 60.0 Å². The second kappa shape index (κ2) is 5.87. The van der Waals surface area contributed by atoms with E-state index in [0.717, 1.165) is 38.8 Å². The second-order valence-corrected chi connectivity index (χ2v) is 5.99. The maximum atomic E-state index is 6.24. The van der Waals surface area contributed by atoms with Crippen molar-refractivity contribution < 1.29 is 0 Å². The van der Waals surface area contributed by atoms with Gasteiger partial charge in [-0.15, -0.1) is 0 Å². The van der Waals surface area contributed by atoms with Crippen molar-refractivity contribution in [2.75, 3.05) is 11.5 Å². The van der Waals surface area contributed by atoms with Gasteiger partial charge in [0.25, 0.3) is 0 Å². The minimum Gasteiger partial charge on any atom is -0.399 e. The normalized spacial score (nSPS) is 10.9. The molecule has 0 fully saturated rings. The third-order valence-electron chi connectivity index (χ3n) is 4.16. The third-order valence-corrected chi connectivity index (χ3v) is 4.16. The zero-order chi connectivity index (χ0) is 17.4. The van der Waals surface area contributed by atoms with Crippen LogP contribution in [-0.4, -0.2) is 15.0 Å². The zero-order valence-corrected chi connectivity index (χ0v) is 13.8. The molecule has 0 unspecified atom stereocenters. The number of nitrogens with zero attached hydrogens (tertiary/aromatic N) is 3. The first-order valence-corrected chi connectivity index (χ1v) is 7.96. The topological polar surface area (TPSA) is 90.7 Å². The van der Waals surface area contributed by atoms with Gasteiger partial charge in [0.2, 0.25) is 0 Å². The van der Waals surface area contributed by atoms with E-state index < -0.39 is 0 Å². The summed E-state index contributed by atoms with van der Waals surface area (Å²) in [6.45, 7) is 2.03. The van der Waals surface area contributed by atoms with E-state index in [1.54, 1.807) is 12.4 Å². The van der Waals surface area contributed by atoms with Crippen LogP contribution < -0.4 is 11.5 Å². The first kappa shape index (κ1) is 15.1. The molecule has 0 aliphatic rings. The highest BCUT2D eigenvalue weighted by Crippen LogP contribution is 2.31. The van der Waals surface area contributed by atoms with Crippen molar-refractivity contribution in [2.24, 2.45) is 0 Å². The van der Waals surface area contributed by atoms with Crippen molar-refractivity contribution in [1.29, 1.82) is 0 Å². The van der Waals surface area contributed by atoms with Gasteiger partial charge in [-0.3, -0.25) is 4.98 Å². The summed E-state index contributed by atoms with van der Waals surface area (Å²) in [5.41, 5.74) is 17.7. The van der Waals surface area contributed by atoms with Gasteiger partial charge in [0.05, 0.1) is 5.52 Å². The summed E-state index contributed by atoms with van der Waals surface area (Å²) in [4.78, 5) is 13.3. The highest BCUT2D eigenvalue weighted by Gasteiger charge is 2.11. The number of hydrogen-bond acceptors (Lipinski definition) is 5. The summed E-state index contributed by atoms with van der Waals surface area (Å²) in [7, 11) is 0. The Morgan fingerprint density at radius 3 is 2.44 bits per heavy atom. The lowest BCUT2D eigenvalue weighted by atomic mass is 10.00. The smallest absolute Gasteiger partial charge is 0.163 e. The monoisotopic (exact) mass is 327 g/mol. The molecule has 0 bridgehead atoms. The van der Waals surface area contributed by atoms with Crippen LogP contribution in [0, 0.1) is 6.92 Å². The Labute approximate surface area is 145 Å². The third kappa shape index (κ3) is 2.76. The van der Waals surface area contributed by atoms with Crippen LogP contribution in [0.3, 0.4) is 0 Å². The van der Waals surface area contributed by atoms with Crippen LogP contribution in [-0.2, 0) is 0 Å². The summed E-state index contributed by atoms with van der Waals surface area (Å²) in [5, 5.41) is 0.838. The van der Waals surface area contributed by atoms with E-state index in [1.807, 2.05) is 49.4 Å². The van der Waals surface area contributed by atoms with Crippen LogP contribution >= 0.6 is 0 Å². The van der Waals surface area contributed by atoms with E-state index in [0.29, 0.717) is 11.6 Å². The van der Waals surface area contributed by atoms with Crippen LogP contribution in [0.15, 0.2) is 60.9 Å². The fraction of sp³-hybridized carbons (Fsp3) is 0.0500. The van der Waals surface area contributed by atoms with Gasteiger partial charge in [-0.1, -0.05) is 12.1 Å². The van der Waals surface area contributed by atoms with E-state index in [9.17, 15) is 0 Å². The average Bonchev–Trinajstić information content (AvgIpc) is 2.63. The minimum absolute atomic E-state index is 0.456. The molecule has 0 saturated carbocycles. The number of nitrogen functional groups attached to an aromatic ring is 2. The second-order valence-electron chi connectivity index (χ2n) is 5.99. The van der Waals surface area contributed by atoms with Crippen LogP contribution in [0.25, 0.3) is 33.4 Å². The molecule has 0 radical (unpaired) electrons. The van der Waals surface area contributed by atoms with Gasteiger partial charge in [0, 0.05) is 29.0 Å². The highest BCUT2D eigenvalue weighted by atomic mass is 14.9. The number of rotatable bonds is 2. The molecule has 0 atom stereocenters. The zero-order valence-electron chi connectivity index (χ0n) is 13.8. The fourth-order valence-corrected chi connectivity index (χ4v) is 2.94. The Bertz CT molecular complexity index is 1070. The lowest BCUT2D eigenvalue weighted by Gasteiger charge is -2.11. The maximum Gasteiger partial charge on any atom is 0.163 e. The molecule has 5 nitrogen and oxygen atoms in total. The number of nitrogens with two attached hydrogens (primary N) is 2. The van der Waals surface area contributed by atoms with Crippen molar-refractivity contribution in [3.05, 3.63) is 66.5 Å². The summed E-state index contributed by atoms with van der Waals surface area (Å²) in [6, 6.07) is 15.7. The molecule has 25 heavy (non-hydrogen) atoms. The summed E-state index contributed by atoms with van der Waals surface area (Å²) in [6.07, 6.45) is 3.45. The SMILES string of the molecule is Cc1cc(-c2cccc(N)c2)cc2c(N)nc(-c3cccnc3)nc12. The molecular weight excluding hydrogens is 310 g/mol. The van der Waals surface area contributed by atoms with Crippen LogP contribution in [0.4, 0.5) is 11.5 Å². The van der Waals surface area contributed by atoms with Crippen molar-refractivity contribution >= 4 is 22.4 Å². The Morgan fingerprint density at radius 1 is 0.840 bits per heavy atom. The van der Waals surface area contributed by atoms with Gasteiger partial charge in [0.1, 0.15) is 5.82 Å². The summed E-state index contributed by atoms with van der Waals surface area (Å²) >= 11 is 0. The number of hydrogen-bond donors (Lipinski definition) is 2. The number of pyridine rings is 1. The Hall–Kier alpha value is -3.47. The summed E-state index contributed by atoms with van der Waals surface area (Å²) < 4.78 is 0. The number of aromatic nitrogens is 3. The molecule has 4 N–H and O–H groups in total. The first-order valence-electron chi connectivity index (χ1n) is 7.96. The molecular formula is C20H17N5. The molecule has 0 saturated heterocycles. The van der Waals surface area contributed by atoms with Crippen LogP contribution in [0.1, 0.15) is 5.56 Å². The van der Waals surface area contributed by atoms with E-state index in [2.05, 4.69) is 16.0 Å². The number of fused-ring (bicyclic) bond motifs is 1. The Balaban J connectivity index is 1.92. The van der Waals surface area contributed by atoms with Crippen LogP contribution in [0.5, 0.6) is 0 Å². The van der Waals surface area contributed by atoms with E-state index >= 15 is 0 Å². The van der Waals surface area contributed by atoms with Crippen molar-refractivity contribution in [1.82, 2.24) is 15.0 Å². The maximum absolute atomic E-state index is 6.24. The van der Waals surface area contributed by atoms with E-state index in [-0.39, 0.29) is 0 Å². The van der Waals surface area contributed by atoms with Crippen LogP contribution in [0.2, 0.25) is 0 Å². The largest absolute Gasteiger partial charge is 0.399 e. The molecule has 4 aromatic rings. The van der Waals surface area contributed by atoms with Crippen molar-refractivity contribution in [2.45, 2.75) is 6.92 Å². The van der Waals surface area contributed by atoms with Gasteiger partial charge < -0.3 is 11.5 Å². The Kier molecular flexibility index (Phi) is 3.54. The van der Waals surface area contributed by atoms with Gasteiger partial charge in [-0.25, -0.2) is 9.97 Å². The lowest BCUT2D eigenvalue weighted by molar-refractivity contribution is 1.20. The number of anilines is 2. The minimum atomic E-state index is 0.456. The predicted octanol–water partition coefficient (Wildman–Crippen LogP) is 3.83. The van der Waals surface area contributed by atoms with E-state index in [1.165, 1.54) is 0 Å². The molecule has 4 rings (SSSR count). The number of benzene rings is 2. The van der Waals surface area contributed by atoms with Gasteiger partial charge >= 0.3 is 0 Å². The molecule has 0 spiro atoms. The molecule has 2 aromatic carbocycles. The number of aryl methyl sites for hydroxylation is 1. The van der Waals surface area contributed by atoms with Crippen molar-refractivity contribution in [3.8, 4) is 22.5 Å². The fourth-order valence-electron chi connectivity index (χ4n) is 2.94. The summed E-state index contributed by atoms with van der Waals surface area (Å²) in [5.74, 6) is 1.04. The molecule has 122 valence electrons. The lowest BCUT2D eigenvalue weighted by Crippen LogP contribution is -2.00. The molecule has 5 heteroatoms. The van der Waals surface area contributed by atoms with Crippen molar-refractivity contribution in [3.63, 3.8) is 0 Å². The molecule has 2 heterocycles. The van der Waals surface area contributed by atoms with Gasteiger partial charge in [-0.2, -0.15) is 0 Å². The Morgan fingerprint density at radius 2 is 1.68 bits per heavy atom. The predicted molar refractivity (Wildman–Crippen MR) is 102 cm³/mol. The average molecular weight is 327 g/mol. The first-order chi connectivity index (χ1) is 12.1. The molecule has 0 amide bonds. The highest BCUT2D eigenvalue weighted by molar-refractivity contribution is 5.95. The standard InChI is InChI=1S/C20H17N5/c1-12-8-15(13-4-2-6-16(21)9-13)10-17-18(12)24-20(25-19(17)22)14-5-3-7-23-11-14/h2-11H,21H2,1H3,(H2,22,24,25).